The zero-order valence-corrected chi connectivity index (χ0v) is 8.53. The van der Waals surface area contributed by atoms with Gasteiger partial charge in [0.1, 0.15) is 11.9 Å². The number of hydrogen-bond acceptors (Lipinski definition) is 4. The fraction of sp³-hybridized carbons (Fsp3) is 0.800. The van der Waals surface area contributed by atoms with Crippen LogP contribution in [0.25, 0.3) is 0 Å². The van der Waals surface area contributed by atoms with Gasteiger partial charge in [0.2, 0.25) is 0 Å². The van der Waals surface area contributed by atoms with Crippen molar-refractivity contribution in [1.82, 2.24) is 4.90 Å². The minimum absolute atomic E-state index is 0.0750. The summed E-state index contributed by atoms with van der Waals surface area (Å²) in [6, 6.07) is 0.399. The standard InChI is InChI=1S/C10H15NO3/c1-6(12)14-10-4-7-3-8(13)5-9(10)11(7)2/h7,9-10H,3-5H2,1-2H3/t7-,9+,10+/m0/s1. The largest absolute Gasteiger partial charge is 0.461 e. The first-order valence-corrected chi connectivity index (χ1v) is 4.99. The van der Waals surface area contributed by atoms with Crippen molar-refractivity contribution in [2.75, 3.05) is 7.05 Å². The number of likely N-dealkylation sites (N-methyl/N-ethyl adjacent to an activating group) is 1. The first-order valence-electron chi connectivity index (χ1n) is 4.99. The van der Waals surface area contributed by atoms with Gasteiger partial charge in [0.25, 0.3) is 0 Å². The molecule has 2 heterocycles. The van der Waals surface area contributed by atoms with E-state index in [1.807, 2.05) is 7.05 Å². The van der Waals surface area contributed by atoms with Crippen LogP contribution in [0.4, 0.5) is 0 Å². The summed E-state index contributed by atoms with van der Waals surface area (Å²) in [5.74, 6) is 0.0520. The molecule has 0 saturated carbocycles. The summed E-state index contributed by atoms with van der Waals surface area (Å²) in [5, 5.41) is 0. The average molecular weight is 197 g/mol. The van der Waals surface area contributed by atoms with Crippen LogP contribution in [-0.2, 0) is 14.3 Å². The predicted molar refractivity (Wildman–Crippen MR) is 49.8 cm³/mol. The second-order valence-electron chi connectivity index (χ2n) is 4.22. The molecular weight excluding hydrogens is 182 g/mol. The lowest BCUT2D eigenvalue weighted by Crippen LogP contribution is -2.43. The molecule has 3 atom stereocenters. The molecule has 2 saturated heterocycles. The van der Waals surface area contributed by atoms with Crippen molar-refractivity contribution < 1.29 is 14.3 Å². The maximum absolute atomic E-state index is 11.3. The van der Waals surface area contributed by atoms with E-state index >= 15 is 0 Å². The van der Waals surface area contributed by atoms with Crippen LogP contribution < -0.4 is 0 Å². The van der Waals surface area contributed by atoms with Gasteiger partial charge >= 0.3 is 5.97 Å². The third-order valence-electron chi connectivity index (χ3n) is 3.25. The first kappa shape index (κ1) is 9.65. The Balaban J connectivity index is 2.09. The quantitative estimate of drug-likeness (QED) is 0.569. The molecule has 0 spiro atoms. The molecule has 0 aromatic heterocycles. The normalized spacial score (nSPS) is 37.3. The van der Waals surface area contributed by atoms with E-state index in [9.17, 15) is 9.59 Å². The monoisotopic (exact) mass is 197 g/mol. The number of esters is 1. The molecule has 0 N–H and O–H groups in total. The third kappa shape index (κ3) is 1.54. The SMILES string of the molecule is CC(=O)O[C@@H]1C[C@@H]2CC(=O)C[C@H]1N2C. The van der Waals surface area contributed by atoms with Crippen molar-refractivity contribution in [1.29, 1.82) is 0 Å². The Morgan fingerprint density at radius 3 is 2.86 bits per heavy atom. The van der Waals surface area contributed by atoms with Crippen LogP contribution in [0.2, 0.25) is 0 Å². The number of fused-ring (bicyclic) bond motifs is 2. The molecule has 0 aliphatic carbocycles. The topological polar surface area (TPSA) is 46.6 Å². The van der Waals surface area contributed by atoms with E-state index in [0.29, 0.717) is 18.6 Å². The number of nitrogens with zero attached hydrogens (tertiary/aromatic N) is 1. The maximum Gasteiger partial charge on any atom is 0.302 e. The molecule has 78 valence electrons. The molecule has 2 aliphatic rings. The van der Waals surface area contributed by atoms with Gasteiger partial charge in [-0.1, -0.05) is 0 Å². The summed E-state index contributed by atoms with van der Waals surface area (Å²) < 4.78 is 5.21. The molecule has 4 nitrogen and oxygen atoms in total. The Kier molecular flexibility index (Phi) is 2.31. The fourth-order valence-corrected chi connectivity index (χ4v) is 2.55. The summed E-state index contributed by atoms with van der Waals surface area (Å²) in [6.07, 6.45) is 1.89. The Hall–Kier alpha value is -0.900. The molecule has 4 heteroatoms. The highest BCUT2D eigenvalue weighted by molar-refractivity contribution is 5.81. The van der Waals surface area contributed by atoms with Gasteiger partial charge in [0.15, 0.2) is 0 Å². The molecule has 2 fully saturated rings. The number of hydrogen-bond donors (Lipinski definition) is 0. The smallest absolute Gasteiger partial charge is 0.302 e. The van der Waals surface area contributed by atoms with Crippen molar-refractivity contribution in [3.05, 3.63) is 0 Å². The minimum Gasteiger partial charge on any atom is -0.461 e. The first-order chi connectivity index (χ1) is 6.58. The molecule has 2 rings (SSSR count). The fourth-order valence-electron chi connectivity index (χ4n) is 2.55. The van der Waals surface area contributed by atoms with Crippen LogP contribution in [0.5, 0.6) is 0 Å². The van der Waals surface area contributed by atoms with Gasteiger partial charge < -0.3 is 4.74 Å². The molecular formula is C10H15NO3. The van der Waals surface area contributed by atoms with Gasteiger partial charge in [-0.25, -0.2) is 0 Å². The molecule has 0 radical (unpaired) electrons. The zero-order valence-electron chi connectivity index (χ0n) is 8.53. The van der Waals surface area contributed by atoms with Crippen LogP contribution in [0.15, 0.2) is 0 Å². The van der Waals surface area contributed by atoms with E-state index in [-0.39, 0.29) is 24.2 Å². The molecule has 2 bridgehead atoms. The number of carbonyl (C=O) groups is 2. The highest BCUT2D eigenvalue weighted by atomic mass is 16.5. The number of ketones is 1. The van der Waals surface area contributed by atoms with Gasteiger partial charge in [0.05, 0.1) is 6.04 Å². The van der Waals surface area contributed by atoms with Crippen molar-refractivity contribution >= 4 is 11.8 Å². The van der Waals surface area contributed by atoms with Crippen LogP contribution in [0.1, 0.15) is 26.2 Å². The van der Waals surface area contributed by atoms with Crippen LogP contribution in [0.3, 0.4) is 0 Å². The van der Waals surface area contributed by atoms with E-state index < -0.39 is 0 Å². The number of piperidine rings is 1. The molecule has 0 aromatic rings. The van der Waals surface area contributed by atoms with E-state index in [0.717, 1.165) is 6.42 Å². The van der Waals surface area contributed by atoms with Gasteiger partial charge in [-0.2, -0.15) is 0 Å². The molecule has 2 aliphatic heterocycles. The van der Waals surface area contributed by atoms with Crippen LogP contribution >= 0.6 is 0 Å². The molecule has 0 unspecified atom stereocenters. The highest BCUT2D eigenvalue weighted by Crippen LogP contribution is 2.34. The lowest BCUT2D eigenvalue weighted by molar-refractivity contribution is -0.148. The van der Waals surface area contributed by atoms with Gasteiger partial charge in [-0.05, 0) is 7.05 Å². The van der Waals surface area contributed by atoms with Gasteiger partial charge in [-0.15, -0.1) is 0 Å². The summed E-state index contributed by atoms with van der Waals surface area (Å²) in [6.45, 7) is 1.42. The maximum atomic E-state index is 11.3. The van der Waals surface area contributed by atoms with Crippen molar-refractivity contribution in [2.45, 2.75) is 44.4 Å². The second-order valence-corrected chi connectivity index (χ2v) is 4.22. The number of Topliss-reactive ketones (excluding diaryl/α,β-unsaturated/α-hetero) is 1. The Morgan fingerprint density at radius 2 is 2.21 bits per heavy atom. The van der Waals surface area contributed by atoms with E-state index in [2.05, 4.69) is 4.90 Å². The molecule has 14 heavy (non-hydrogen) atoms. The van der Waals surface area contributed by atoms with E-state index in [1.165, 1.54) is 6.92 Å². The Labute approximate surface area is 83.2 Å². The number of ether oxygens (including phenoxy) is 1. The lowest BCUT2D eigenvalue weighted by atomic mass is 10.0. The van der Waals surface area contributed by atoms with Crippen molar-refractivity contribution in [3.63, 3.8) is 0 Å². The Bertz CT molecular complexity index is 277. The Morgan fingerprint density at radius 1 is 1.50 bits per heavy atom. The summed E-state index contributed by atoms with van der Waals surface area (Å²) in [4.78, 5) is 24.4. The summed E-state index contributed by atoms with van der Waals surface area (Å²) in [5.41, 5.74) is 0. The summed E-state index contributed by atoms with van der Waals surface area (Å²) >= 11 is 0. The van der Waals surface area contributed by atoms with Gasteiger partial charge in [-0.3, -0.25) is 14.5 Å². The van der Waals surface area contributed by atoms with Crippen LogP contribution in [-0.4, -0.2) is 41.9 Å². The van der Waals surface area contributed by atoms with Crippen LogP contribution in [0, 0.1) is 0 Å². The van der Waals surface area contributed by atoms with Crippen molar-refractivity contribution in [3.8, 4) is 0 Å². The second kappa shape index (κ2) is 3.35. The highest BCUT2D eigenvalue weighted by Gasteiger charge is 2.45. The molecule has 0 amide bonds. The predicted octanol–water partition coefficient (Wildman–Crippen LogP) is 0.354. The molecule has 0 aromatic carbocycles. The van der Waals surface area contributed by atoms with Crippen molar-refractivity contribution in [2.24, 2.45) is 0 Å². The zero-order chi connectivity index (χ0) is 10.3. The third-order valence-corrected chi connectivity index (χ3v) is 3.25. The number of carbonyl (C=O) groups excluding carboxylic acids is 2. The minimum atomic E-state index is -0.247. The van der Waals surface area contributed by atoms with E-state index in [1.54, 1.807) is 0 Å². The lowest BCUT2D eigenvalue weighted by Gasteiger charge is -2.30. The summed E-state index contributed by atoms with van der Waals surface area (Å²) in [7, 11) is 2.01. The van der Waals surface area contributed by atoms with Gasteiger partial charge in [0, 0.05) is 32.2 Å². The van der Waals surface area contributed by atoms with E-state index in [4.69, 9.17) is 4.74 Å². The number of rotatable bonds is 1. The average Bonchev–Trinajstić information content (AvgIpc) is 2.30.